The number of carbonyl (C=O) groups excluding carboxylic acids is 1. The Morgan fingerprint density at radius 3 is 2.59 bits per heavy atom. The van der Waals surface area contributed by atoms with Crippen molar-refractivity contribution in [2.45, 2.75) is 12.8 Å². The predicted molar refractivity (Wildman–Crippen MR) is 115 cm³/mol. The molecule has 1 amide bonds. The lowest BCUT2D eigenvalue weighted by molar-refractivity contribution is 0.102. The molecule has 0 bridgehead atoms. The van der Waals surface area contributed by atoms with Crippen LogP contribution in [0.3, 0.4) is 0 Å². The lowest BCUT2D eigenvalue weighted by Gasteiger charge is -2.12. The molecule has 0 aliphatic carbocycles. The van der Waals surface area contributed by atoms with Gasteiger partial charge in [0, 0.05) is 24.4 Å². The number of hydrogen-bond acceptors (Lipinski definition) is 5. The van der Waals surface area contributed by atoms with Gasteiger partial charge >= 0.3 is 0 Å². The molecule has 1 heterocycles. The van der Waals surface area contributed by atoms with Gasteiger partial charge in [-0.15, -0.1) is 0 Å². The molecule has 150 valence electrons. The van der Waals surface area contributed by atoms with Gasteiger partial charge in [0.15, 0.2) is 0 Å². The summed E-state index contributed by atoms with van der Waals surface area (Å²) in [6, 6.07) is 19.0. The molecule has 0 spiro atoms. The van der Waals surface area contributed by atoms with E-state index in [9.17, 15) is 4.79 Å². The van der Waals surface area contributed by atoms with Gasteiger partial charge in [-0.1, -0.05) is 30.3 Å². The van der Waals surface area contributed by atoms with E-state index in [1.54, 1.807) is 50.7 Å². The third kappa shape index (κ3) is 5.72. The number of carbonyl (C=O) groups is 1. The van der Waals surface area contributed by atoms with Gasteiger partial charge in [0.25, 0.3) is 5.91 Å². The van der Waals surface area contributed by atoms with Crippen molar-refractivity contribution in [3.05, 3.63) is 78.0 Å². The number of nitrogens with one attached hydrogen (secondary N) is 2. The molecule has 0 aliphatic rings. The van der Waals surface area contributed by atoms with E-state index in [2.05, 4.69) is 27.8 Å². The van der Waals surface area contributed by atoms with Crippen LogP contribution in [-0.2, 0) is 6.42 Å². The maximum atomic E-state index is 12.7. The van der Waals surface area contributed by atoms with Gasteiger partial charge in [-0.25, -0.2) is 4.98 Å². The molecule has 0 saturated heterocycles. The Morgan fingerprint density at radius 2 is 1.83 bits per heavy atom. The van der Waals surface area contributed by atoms with Crippen LogP contribution in [0.2, 0.25) is 0 Å². The minimum atomic E-state index is -0.233. The molecule has 6 nitrogen and oxygen atoms in total. The zero-order chi connectivity index (χ0) is 20.5. The highest BCUT2D eigenvalue weighted by molar-refractivity contribution is 6.05. The second-order valence-electron chi connectivity index (χ2n) is 6.47. The second kappa shape index (κ2) is 10.1. The van der Waals surface area contributed by atoms with Gasteiger partial charge in [-0.3, -0.25) is 4.79 Å². The van der Waals surface area contributed by atoms with E-state index < -0.39 is 0 Å². The Bertz CT molecular complexity index is 945. The van der Waals surface area contributed by atoms with E-state index in [1.165, 1.54) is 5.56 Å². The van der Waals surface area contributed by atoms with Crippen LogP contribution in [0.4, 0.5) is 11.5 Å². The Morgan fingerprint density at radius 1 is 1.00 bits per heavy atom. The number of benzene rings is 2. The molecule has 0 radical (unpaired) electrons. The molecule has 3 rings (SSSR count). The molecule has 0 aliphatic heterocycles. The van der Waals surface area contributed by atoms with Crippen molar-refractivity contribution in [2.24, 2.45) is 0 Å². The predicted octanol–water partition coefficient (Wildman–Crippen LogP) is 4.40. The molecule has 0 unspecified atom stereocenters. The topological polar surface area (TPSA) is 72.5 Å². The van der Waals surface area contributed by atoms with Gasteiger partial charge in [-0.05, 0) is 42.7 Å². The molecule has 29 heavy (non-hydrogen) atoms. The molecule has 0 atom stereocenters. The Labute approximate surface area is 170 Å². The van der Waals surface area contributed by atoms with Crippen molar-refractivity contribution in [3.8, 4) is 11.5 Å². The summed E-state index contributed by atoms with van der Waals surface area (Å²) in [5.74, 6) is 1.63. The minimum absolute atomic E-state index is 0.233. The highest BCUT2D eigenvalue weighted by atomic mass is 16.5. The number of aromatic nitrogens is 1. The number of rotatable bonds is 9. The molecule has 0 fully saturated rings. The van der Waals surface area contributed by atoms with E-state index in [4.69, 9.17) is 9.47 Å². The van der Waals surface area contributed by atoms with Gasteiger partial charge in [-0.2, -0.15) is 0 Å². The van der Waals surface area contributed by atoms with Crippen LogP contribution in [0.1, 0.15) is 22.3 Å². The monoisotopic (exact) mass is 391 g/mol. The number of aryl methyl sites for hydroxylation is 1. The van der Waals surface area contributed by atoms with E-state index in [1.807, 2.05) is 18.2 Å². The third-order valence-corrected chi connectivity index (χ3v) is 4.47. The standard InChI is InChI=1S/C23H25N3O3/c1-28-19-10-11-20(21(16-19)29-2)26-23(27)18-12-14-25-22(15-18)24-13-6-9-17-7-4-3-5-8-17/h3-5,7-8,10-12,14-16H,6,9,13H2,1-2H3,(H,24,25)(H,26,27). The summed E-state index contributed by atoms with van der Waals surface area (Å²) in [7, 11) is 3.13. The van der Waals surface area contributed by atoms with Crippen molar-refractivity contribution < 1.29 is 14.3 Å². The summed E-state index contributed by atoms with van der Waals surface area (Å²) >= 11 is 0. The summed E-state index contributed by atoms with van der Waals surface area (Å²) in [6.45, 7) is 0.777. The zero-order valence-corrected chi connectivity index (χ0v) is 16.6. The molecule has 1 aromatic heterocycles. The number of ether oxygens (including phenoxy) is 2. The maximum absolute atomic E-state index is 12.7. The van der Waals surface area contributed by atoms with Crippen LogP contribution in [0.25, 0.3) is 0 Å². The van der Waals surface area contributed by atoms with Gasteiger partial charge in [0.2, 0.25) is 0 Å². The van der Waals surface area contributed by atoms with E-state index in [-0.39, 0.29) is 5.91 Å². The average molecular weight is 391 g/mol. The molecule has 0 saturated carbocycles. The normalized spacial score (nSPS) is 10.3. The van der Waals surface area contributed by atoms with Crippen molar-refractivity contribution in [3.63, 3.8) is 0 Å². The minimum Gasteiger partial charge on any atom is -0.497 e. The fourth-order valence-electron chi connectivity index (χ4n) is 2.92. The van der Waals surface area contributed by atoms with Crippen LogP contribution < -0.4 is 20.1 Å². The Hall–Kier alpha value is -3.54. The van der Waals surface area contributed by atoms with Crippen LogP contribution in [-0.4, -0.2) is 31.7 Å². The first kappa shape index (κ1) is 20.2. The summed E-state index contributed by atoms with van der Waals surface area (Å²) in [5.41, 5.74) is 2.40. The molecular weight excluding hydrogens is 366 g/mol. The number of nitrogens with zero attached hydrogens (tertiary/aromatic N) is 1. The summed E-state index contributed by atoms with van der Waals surface area (Å²) < 4.78 is 10.5. The summed E-state index contributed by atoms with van der Waals surface area (Å²) in [5, 5.41) is 6.15. The molecule has 6 heteroatoms. The maximum Gasteiger partial charge on any atom is 0.255 e. The largest absolute Gasteiger partial charge is 0.497 e. The first-order valence-corrected chi connectivity index (χ1v) is 9.47. The smallest absolute Gasteiger partial charge is 0.255 e. The number of methoxy groups -OCH3 is 2. The van der Waals surface area contributed by atoms with E-state index >= 15 is 0 Å². The van der Waals surface area contributed by atoms with Crippen LogP contribution in [0, 0.1) is 0 Å². The van der Waals surface area contributed by atoms with Gasteiger partial charge < -0.3 is 20.1 Å². The van der Waals surface area contributed by atoms with Crippen molar-refractivity contribution in [2.75, 3.05) is 31.4 Å². The van der Waals surface area contributed by atoms with Gasteiger partial charge in [0.1, 0.15) is 17.3 Å². The lowest BCUT2D eigenvalue weighted by atomic mass is 10.1. The molecule has 2 aromatic carbocycles. The quantitative estimate of drug-likeness (QED) is 0.529. The zero-order valence-electron chi connectivity index (χ0n) is 16.6. The van der Waals surface area contributed by atoms with Crippen LogP contribution in [0.5, 0.6) is 11.5 Å². The number of amides is 1. The van der Waals surface area contributed by atoms with E-state index in [0.29, 0.717) is 28.6 Å². The second-order valence-corrected chi connectivity index (χ2v) is 6.47. The number of hydrogen-bond donors (Lipinski definition) is 2. The Kier molecular flexibility index (Phi) is 7.05. The highest BCUT2D eigenvalue weighted by Crippen LogP contribution is 2.29. The number of anilines is 2. The average Bonchev–Trinajstić information content (AvgIpc) is 2.78. The summed E-state index contributed by atoms with van der Waals surface area (Å²) in [6.07, 6.45) is 3.59. The van der Waals surface area contributed by atoms with Crippen molar-refractivity contribution in [1.29, 1.82) is 0 Å². The van der Waals surface area contributed by atoms with Crippen molar-refractivity contribution in [1.82, 2.24) is 4.98 Å². The molecule has 3 aromatic rings. The summed E-state index contributed by atoms with van der Waals surface area (Å²) in [4.78, 5) is 16.9. The Balaban J connectivity index is 1.58. The lowest BCUT2D eigenvalue weighted by Crippen LogP contribution is -2.14. The molecule has 2 N–H and O–H groups in total. The third-order valence-electron chi connectivity index (χ3n) is 4.47. The van der Waals surface area contributed by atoms with Crippen LogP contribution >= 0.6 is 0 Å². The van der Waals surface area contributed by atoms with Crippen molar-refractivity contribution >= 4 is 17.4 Å². The first-order valence-electron chi connectivity index (χ1n) is 9.47. The highest BCUT2D eigenvalue weighted by Gasteiger charge is 2.11. The fraction of sp³-hybridized carbons (Fsp3) is 0.217. The fourth-order valence-corrected chi connectivity index (χ4v) is 2.92. The number of pyridine rings is 1. The first-order chi connectivity index (χ1) is 14.2. The van der Waals surface area contributed by atoms with Crippen LogP contribution in [0.15, 0.2) is 66.9 Å². The van der Waals surface area contributed by atoms with E-state index in [0.717, 1.165) is 19.4 Å². The van der Waals surface area contributed by atoms with Gasteiger partial charge in [0.05, 0.1) is 19.9 Å². The molecular formula is C23H25N3O3. The SMILES string of the molecule is COc1ccc(NC(=O)c2ccnc(NCCCc3ccccc3)c2)c(OC)c1.